The Balaban J connectivity index is 2.02. The SMILES string of the molecule is OC1CC2CNCCN2c2ncc(C(F)(F)F)cc21. The third-order valence-corrected chi connectivity index (χ3v) is 3.70. The van der Waals surface area contributed by atoms with Gasteiger partial charge in [0, 0.05) is 37.4 Å². The maximum Gasteiger partial charge on any atom is 0.417 e. The minimum absolute atomic E-state index is 0.0977. The number of fused-ring (bicyclic) bond motifs is 3. The van der Waals surface area contributed by atoms with Crippen molar-refractivity contribution in [1.82, 2.24) is 10.3 Å². The number of aliphatic hydroxyl groups is 1. The zero-order valence-electron chi connectivity index (χ0n) is 10.1. The van der Waals surface area contributed by atoms with E-state index in [-0.39, 0.29) is 11.6 Å². The lowest BCUT2D eigenvalue weighted by Crippen LogP contribution is -2.54. The molecule has 104 valence electrons. The third kappa shape index (κ3) is 2.17. The minimum atomic E-state index is -4.43. The van der Waals surface area contributed by atoms with E-state index in [1.807, 2.05) is 4.90 Å². The van der Waals surface area contributed by atoms with E-state index in [9.17, 15) is 18.3 Å². The van der Waals surface area contributed by atoms with Crippen LogP contribution in [0.1, 0.15) is 23.7 Å². The number of hydrogen-bond donors (Lipinski definition) is 2. The molecule has 1 aromatic rings. The second-order valence-corrected chi connectivity index (χ2v) is 4.94. The Morgan fingerprint density at radius 2 is 2.21 bits per heavy atom. The van der Waals surface area contributed by atoms with Crippen molar-refractivity contribution in [2.45, 2.75) is 24.7 Å². The van der Waals surface area contributed by atoms with Gasteiger partial charge < -0.3 is 15.3 Å². The maximum atomic E-state index is 12.7. The highest BCUT2D eigenvalue weighted by molar-refractivity contribution is 5.53. The lowest BCUT2D eigenvalue weighted by molar-refractivity contribution is -0.137. The van der Waals surface area contributed by atoms with Crippen molar-refractivity contribution < 1.29 is 18.3 Å². The van der Waals surface area contributed by atoms with Gasteiger partial charge in [-0.3, -0.25) is 0 Å². The largest absolute Gasteiger partial charge is 0.417 e. The van der Waals surface area contributed by atoms with Gasteiger partial charge in [0.05, 0.1) is 11.7 Å². The fourth-order valence-corrected chi connectivity index (χ4v) is 2.75. The van der Waals surface area contributed by atoms with Crippen molar-refractivity contribution in [3.63, 3.8) is 0 Å². The molecular formula is C12H14F3N3O. The summed E-state index contributed by atoms with van der Waals surface area (Å²) in [4.78, 5) is 5.92. The first-order chi connectivity index (χ1) is 8.97. The first kappa shape index (κ1) is 12.7. The molecule has 3 heterocycles. The Hall–Kier alpha value is -1.34. The van der Waals surface area contributed by atoms with Crippen LogP contribution in [-0.2, 0) is 6.18 Å². The van der Waals surface area contributed by atoms with E-state index in [2.05, 4.69) is 10.3 Å². The zero-order chi connectivity index (χ0) is 13.6. The van der Waals surface area contributed by atoms with Gasteiger partial charge in [-0.05, 0) is 12.5 Å². The summed E-state index contributed by atoms with van der Waals surface area (Å²) in [7, 11) is 0. The number of anilines is 1. The number of pyridine rings is 1. The molecule has 0 bridgehead atoms. The molecule has 2 aliphatic rings. The van der Waals surface area contributed by atoms with Gasteiger partial charge in [0.25, 0.3) is 0 Å². The lowest BCUT2D eigenvalue weighted by atomic mass is 9.93. The fourth-order valence-electron chi connectivity index (χ4n) is 2.75. The molecule has 4 nitrogen and oxygen atoms in total. The van der Waals surface area contributed by atoms with Crippen LogP contribution in [0, 0.1) is 0 Å². The number of hydrogen-bond acceptors (Lipinski definition) is 4. The molecule has 1 aromatic heterocycles. The van der Waals surface area contributed by atoms with Crippen molar-refractivity contribution in [1.29, 1.82) is 0 Å². The van der Waals surface area contributed by atoms with Gasteiger partial charge in [-0.15, -0.1) is 0 Å². The quantitative estimate of drug-likeness (QED) is 0.748. The van der Waals surface area contributed by atoms with Gasteiger partial charge in [-0.2, -0.15) is 13.2 Å². The number of nitrogens with zero attached hydrogens (tertiary/aromatic N) is 2. The molecule has 2 unspecified atom stereocenters. The van der Waals surface area contributed by atoms with Gasteiger partial charge in [0.1, 0.15) is 5.82 Å². The summed E-state index contributed by atoms with van der Waals surface area (Å²) in [6.07, 6.45) is -4.04. The van der Waals surface area contributed by atoms with Crippen LogP contribution in [0.4, 0.5) is 19.0 Å². The molecule has 0 aliphatic carbocycles. The molecule has 0 amide bonds. The number of piperazine rings is 1. The van der Waals surface area contributed by atoms with Crippen LogP contribution in [0.15, 0.2) is 12.3 Å². The molecule has 2 N–H and O–H groups in total. The van der Waals surface area contributed by atoms with Gasteiger partial charge in [0.2, 0.25) is 0 Å². The first-order valence-electron chi connectivity index (χ1n) is 6.19. The molecule has 2 aliphatic heterocycles. The standard InChI is InChI=1S/C12H14F3N3O/c13-12(14,15)7-3-9-10(19)4-8-6-16-1-2-18(8)11(9)17-5-7/h3,5,8,10,16,19H,1-2,4,6H2. The van der Waals surface area contributed by atoms with Crippen LogP contribution in [0.2, 0.25) is 0 Å². The van der Waals surface area contributed by atoms with Crippen LogP contribution < -0.4 is 10.2 Å². The average molecular weight is 273 g/mol. The normalized spacial score (nSPS) is 26.8. The average Bonchev–Trinajstić information content (AvgIpc) is 2.37. The highest BCUT2D eigenvalue weighted by Crippen LogP contribution is 2.39. The molecule has 2 atom stereocenters. The van der Waals surface area contributed by atoms with Gasteiger partial charge >= 0.3 is 6.18 Å². The van der Waals surface area contributed by atoms with E-state index in [1.54, 1.807) is 0 Å². The Labute approximate surface area is 108 Å². The van der Waals surface area contributed by atoms with Crippen molar-refractivity contribution in [2.24, 2.45) is 0 Å². The van der Waals surface area contributed by atoms with Gasteiger partial charge in [-0.1, -0.05) is 0 Å². The van der Waals surface area contributed by atoms with Crippen molar-refractivity contribution in [3.05, 3.63) is 23.4 Å². The number of aromatic nitrogens is 1. The second-order valence-electron chi connectivity index (χ2n) is 4.94. The lowest BCUT2D eigenvalue weighted by Gasteiger charge is -2.43. The van der Waals surface area contributed by atoms with E-state index >= 15 is 0 Å². The number of alkyl halides is 3. The molecule has 1 fully saturated rings. The highest BCUT2D eigenvalue weighted by atomic mass is 19.4. The third-order valence-electron chi connectivity index (χ3n) is 3.70. The Bertz CT molecular complexity index is 492. The highest BCUT2D eigenvalue weighted by Gasteiger charge is 2.37. The molecule has 0 spiro atoms. The predicted octanol–water partition coefficient (Wildman–Crippen LogP) is 1.32. The zero-order valence-corrected chi connectivity index (χ0v) is 10.1. The Morgan fingerprint density at radius 3 is 2.95 bits per heavy atom. The van der Waals surface area contributed by atoms with E-state index in [1.165, 1.54) is 0 Å². The van der Waals surface area contributed by atoms with E-state index in [4.69, 9.17) is 0 Å². The monoisotopic (exact) mass is 273 g/mol. The van der Waals surface area contributed by atoms with E-state index in [0.29, 0.717) is 18.8 Å². The predicted molar refractivity (Wildman–Crippen MR) is 62.8 cm³/mol. The summed E-state index contributed by atoms with van der Waals surface area (Å²) in [6, 6.07) is 1.12. The van der Waals surface area contributed by atoms with E-state index < -0.39 is 17.8 Å². The van der Waals surface area contributed by atoms with Crippen molar-refractivity contribution in [3.8, 4) is 0 Å². The molecule has 19 heavy (non-hydrogen) atoms. The molecule has 0 saturated carbocycles. The van der Waals surface area contributed by atoms with E-state index in [0.717, 1.165) is 25.4 Å². The summed E-state index contributed by atoms with van der Waals surface area (Å²) >= 11 is 0. The van der Waals surface area contributed by atoms with Gasteiger partial charge in [-0.25, -0.2) is 4.98 Å². The summed E-state index contributed by atoms with van der Waals surface area (Å²) in [6.45, 7) is 2.19. The molecule has 0 radical (unpaired) electrons. The minimum Gasteiger partial charge on any atom is -0.388 e. The Kier molecular flexibility index (Phi) is 2.90. The summed E-state index contributed by atoms with van der Waals surface area (Å²) in [5.41, 5.74) is -0.521. The Morgan fingerprint density at radius 1 is 1.42 bits per heavy atom. The van der Waals surface area contributed by atoms with Crippen LogP contribution in [0.25, 0.3) is 0 Å². The molecular weight excluding hydrogens is 259 g/mol. The first-order valence-corrected chi connectivity index (χ1v) is 6.19. The van der Waals surface area contributed by atoms with Gasteiger partial charge in [0.15, 0.2) is 0 Å². The molecule has 3 rings (SSSR count). The summed E-state index contributed by atoms with van der Waals surface area (Å²) in [5.74, 6) is 0.484. The van der Waals surface area contributed by atoms with Crippen molar-refractivity contribution >= 4 is 5.82 Å². The summed E-state index contributed by atoms with van der Waals surface area (Å²) < 4.78 is 38.0. The number of rotatable bonds is 0. The number of halogens is 3. The molecule has 1 saturated heterocycles. The molecule has 0 aromatic carbocycles. The summed E-state index contributed by atoms with van der Waals surface area (Å²) in [5, 5.41) is 13.2. The topological polar surface area (TPSA) is 48.4 Å². The number of nitrogens with one attached hydrogen (secondary N) is 1. The van der Waals surface area contributed by atoms with Crippen LogP contribution in [-0.4, -0.2) is 35.8 Å². The van der Waals surface area contributed by atoms with Crippen LogP contribution >= 0.6 is 0 Å². The fraction of sp³-hybridized carbons (Fsp3) is 0.583. The maximum absolute atomic E-state index is 12.7. The second kappa shape index (κ2) is 4.35. The van der Waals surface area contributed by atoms with Crippen LogP contribution in [0.3, 0.4) is 0 Å². The smallest absolute Gasteiger partial charge is 0.388 e. The molecule has 7 heteroatoms. The number of aliphatic hydroxyl groups excluding tert-OH is 1. The van der Waals surface area contributed by atoms with Crippen LogP contribution in [0.5, 0.6) is 0 Å². The van der Waals surface area contributed by atoms with Crippen molar-refractivity contribution in [2.75, 3.05) is 24.5 Å².